The van der Waals surface area contributed by atoms with Gasteiger partial charge in [-0.15, -0.1) is 0 Å². The van der Waals surface area contributed by atoms with Crippen LogP contribution in [0.15, 0.2) is 68.4 Å². The number of halogens is 1. The second-order valence-electron chi connectivity index (χ2n) is 6.55. The van der Waals surface area contributed by atoms with Crippen molar-refractivity contribution in [1.82, 2.24) is 4.90 Å². The summed E-state index contributed by atoms with van der Waals surface area (Å²) in [7, 11) is 2.01. The highest BCUT2D eigenvalue weighted by Crippen LogP contribution is 2.50. The largest absolute Gasteiger partial charge is 0.337 e. The summed E-state index contributed by atoms with van der Waals surface area (Å²) < 4.78 is 0. The van der Waals surface area contributed by atoms with Gasteiger partial charge in [-0.25, -0.2) is 4.99 Å². The average molecular weight is 430 g/mol. The first-order chi connectivity index (χ1) is 13.6. The Balaban J connectivity index is 1.72. The molecule has 0 radical (unpaired) electrons. The van der Waals surface area contributed by atoms with Gasteiger partial charge in [0.2, 0.25) is 0 Å². The Bertz CT molecular complexity index is 989. The third-order valence-electron chi connectivity index (χ3n) is 4.56. The van der Waals surface area contributed by atoms with E-state index in [1.165, 1.54) is 16.7 Å². The summed E-state index contributed by atoms with van der Waals surface area (Å²) in [6.45, 7) is 2.79. The second-order valence-corrected chi connectivity index (χ2v) is 8.99. The van der Waals surface area contributed by atoms with Crippen LogP contribution in [0.2, 0.25) is 5.02 Å². The Morgan fingerprint density at radius 2 is 1.93 bits per heavy atom. The minimum Gasteiger partial charge on any atom is -0.337 e. The fraction of sp³-hybridized carbons (Fsp3) is 0.238. The summed E-state index contributed by atoms with van der Waals surface area (Å²) >= 11 is 9.20. The van der Waals surface area contributed by atoms with Gasteiger partial charge >= 0.3 is 0 Å². The van der Waals surface area contributed by atoms with Crippen molar-refractivity contribution >= 4 is 57.6 Å². The van der Waals surface area contributed by atoms with Crippen molar-refractivity contribution in [2.24, 2.45) is 4.99 Å². The maximum Gasteiger partial charge on any atom is 0.269 e. The van der Waals surface area contributed by atoms with Crippen LogP contribution in [0, 0.1) is 0 Å². The van der Waals surface area contributed by atoms with Crippen LogP contribution in [0.25, 0.3) is 0 Å². The number of benzene rings is 2. The summed E-state index contributed by atoms with van der Waals surface area (Å²) in [6, 6.07) is 15.6. The molecular formula is C21H20ClN3OS2. The number of rotatable bonds is 4. The van der Waals surface area contributed by atoms with Gasteiger partial charge in [0.25, 0.3) is 5.91 Å². The number of carbonyl (C=O) groups is 1. The SMILES string of the molecule is CCCCN1C(=O)C(=C2Sc3ccccc3N2C)SC1=Nc1cccc(Cl)c1. The highest BCUT2D eigenvalue weighted by atomic mass is 35.5. The Hall–Kier alpha value is -1.89. The molecule has 144 valence electrons. The lowest BCUT2D eigenvalue weighted by Gasteiger charge is -2.16. The fourth-order valence-electron chi connectivity index (χ4n) is 3.09. The van der Waals surface area contributed by atoms with Gasteiger partial charge in [-0.2, -0.15) is 0 Å². The van der Waals surface area contributed by atoms with Crippen LogP contribution < -0.4 is 4.90 Å². The number of amides is 1. The van der Waals surface area contributed by atoms with Crippen molar-refractivity contribution in [1.29, 1.82) is 0 Å². The summed E-state index contributed by atoms with van der Waals surface area (Å²) in [6.07, 6.45) is 1.96. The van der Waals surface area contributed by atoms with E-state index in [0.717, 1.165) is 34.2 Å². The predicted octanol–water partition coefficient (Wildman–Crippen LogP) is 6.11. The molecule has 2 aliphatic heterocycles. The van der Waals surface area contributed by atoms with Crippen LogP contribution in [-0.2, 0) is 4.79 Å². The van der Waals surface area contributed by atoms with Gasteiger partial charge in [-0.05, 0) is 48.5 Å². The molecule has 4 rings (SSSR count). The van der Waals surface area contributed by atoms with Gasteiger partial charge in [-0.3, -0.25) is 9.69 Å². The molecule has 0 N–H and O–H groups in total. The zero-order valence-electron chi connectivity index (χ0n) is 15.7. The van der Waals surface area contributed by atoms with Crippen molar-refractivity contribution in [2.75, 3.05) is 18.5 Å². The number of thioether (sulfide) groups is 2. The van der Waals surface area contributed by atoms with E-state index in [-0.39, 0.29) is 5.91 Å². The summed E-state index contributed by atoms with van der Waals surface area (Å²) in [4.78, 5) is 23.8. The molecule has 28 heavy (non-hydrogen) atoms. The smallest absolute Gasteiger partial charge is 0.269 e. The molecule has 2 aromatic carbocycles. The van der Waals surface area contributed by atoms with E-state index in [1.54, 1.807) is 16.7 Å². The first kappa shape index (κ1) is 19.4. The quantitative estimate of drug-likeness (QED) is 0.549. The van der Waals surface area contributed by atoms with E-state index in [1.807, 2.05) is 43.4 Å². The lowest BCUT2D eigenvalue weighted by molar-refractivity contribution is -0.122. The summed E-state index contributed by atoms with van der Waals surface area (Å²) in [5.74, 6) is 0.0291. The van der Waals surface area contributed by atoms with Crippen LogP contribution >= 0.6 is 35.1 Å². The number of aliphatic imine (C=N–C) groups is 1. The Morgan fingerprint density at radius 3 is 2.68 bits per heavy atom. The van der Waals surface area contributed by atoms with Crippen LogP contribution in [0.1, 0.15) is 19.8 Å². The number of unbranched alkanes of at least 4 members (excludes halogenated alkanes) is 1. The van der Waals surface area contributed by atoms with Crippen molar-refractivity contribution < 1.29 is 4.79 Å². The second kappa shape index (κ2) is 8.23. The Kier molecular flexibility index (Phi) is 5.71. The van der Waals surface area contributed by atoms with Crippen LogP contribution in [-0.4, -0.2) is 29.6 Å². The van der Waals surface area contributed by atoms with E-state index in [2.05, 4.69) is 24.0 Å². The molecule has 2 aromatic rings. The lowest BCUT2D eigenvalue weighted by Crippen LogP contribution is -2.30. The van der Waals surface area contributed by atoms with Gasteiger partial charge in [0.15, 0.2) is 5.17 Å². The molecule has 0 spiro atoms. The topological polar surface area (TPSA) is 35.9 Å². The van der Waals surface area contributed by atoms with Gasteiger partial charge < -0.3 is 4.90 Å². The van der Waals surface area contributed by atoms with E-state index in [9.17, 15) is 4.79 Å². The third kappa shape index (κ3) is 3.69. The number of para-hydroxylation sites is 1. The summed E-state index contributed by atoms with van der Waals surface area (Å²) in [5.41, 5.74) is 1.88. The van der Waals surface area contributed by atoms with E-state index >= 15 is 0 Å². The van der Waals surface area contributed by atoms with Crippen molar-refractivity contribution in [2.45, 2.75) is 24.7 Å². The van der Waals surface area contributed by atoms with Crippen molar-refractivity contribution in [3.63, 3.8) is 0 Å². The number of carbonyl (C=O) groups excluding carboxylic acids is 1. The Labute approximate surface area is 178 Å². The van der Waals surface area contributed by atoms with E-state index < -0.39 is 0 Å². The highest BCUT2D eigenvalue weighted by molar-refractivity contribution is 8.19. The zero-order valence-corrected chi connectivity index (χ0v) is 18.1. The number of nitrogens with zero attached hydrogens (tertiary/aromatic N) is 3. The molecule has 7 heteroatoms. The predicted molar refractivity (Wildman–Crippen MR) is 120 cm³/mol. The normalized spacial score (nSPS) is 20.4. The average Bonchev–Trinajstić information content (AvgIpc) is 3.17. The first-order valence-corrected chi connectivity index (χ1v) is 11.2. The van der Waals surface area contributed by atoms with Crippen LogP contribution in [0.5, 0.6) is 0 Å². The molecule has 0 atom stereocenters. The van der Waals surface area contributed by atoms with Gasteiger partial charge in [0, 0.05) is 23.5 Å². The first-order valence-electron chi connectivity index (χ1n) is 9.17. The third-order valence-corrected chi connectivity index (χ3v) is 7.23. The van der Waals surface area contributed by atoms with Gasteiger partial charge in [-0.1, -0.05) is 54.9 Å². The molecule has 1 amide bonds. The van der Waals surface area contributed by atoms with E-state index in [4.69, 9.17) is 16.6 Å². The standard InChI is InChI=1S/C21H20ClN3OS2/c1-3-4-12-25-19(26)18(20-24(2)16-10-5-6-11-17(16)27-20)28-21(25)23-15-9-7-8-14(22)13-15/h5-11,13H,3-4,12H2,1-2H3. The number of hydrogen-bond donors (Lipinski definition) is 0. The van der Waals surface area contributed by atoms with E-state index in [0.29, 0.717) is 16.7 Å². The minimum absolute atomic E-state index is 0.0291. The fourth-order valence-corrected chi connectivity index (χ4v) is 5.64. The number of fused-ring (bicyclic) bond motifs is 1. The molecule has 0 aromatic heterocycles. The molecular weight excluding hydrogens is 410 g/mol. The minimum atomic E-state index is 0.0291. The van der Waals surface area contributed by atoms with Crippen molar-refractivity contribution in [3.8, 4) is 0 Å². The van der Waals surface area contributed by atoms with Gasteiger partial charge in [0.1, 0.15) is 4.91 Å². The molecule has 4 nitrogen and oxygen atoms in total. The summed E-state index contributed by atoms with van der Waals surface area (Å²) in [5, 5.41) is 2.32. The molecule has 2 aliphatic rings. The molecule has 1 saturated heterocycles. The molecule has 2 heterocycles. The molecule has 0 saturated carbocycles. The highest BCUT2D eigenvalue weighted by Gasteiger charge is 2.38. The number of amidine groups is 1. The van der Waals surface area contributed by atoms with Gasteiger partial charge in [0.05, 0.1) is 16.4 Å². The van der Waals surface area contributed by atoms with Crippen LogP contribution in [0.4, 0.5) is 11.4 Å². The molecule has 0 unspecified atom stereocenters. The zero-order chi connectivity index (χ0) is 19.7. The molecule has 0 aliphatic carbocycles. The molecule has 1 fully saturated rings. The number of hydrogen-bond acceptors (Lipinski definition) is 5. The monoisotopic (exact) mass is 429 g/mol. The Morgan fingerprint density at radius 1 is 1.11 bits per heavy atom. The number of anilines is 1. The van der Waals surface area contributed by atoms with Crippen LogP contribution in [0.3, 0.4) is 0 Å². The maximum atomic E-state index is 13.3. The molecule has 0 bridgehead atoms. The maximum absolute atomic E-state index is 13.3. The van der Waals surface area contributed by atoms with Crippen molar-refractivity contribution in [3.05, 3.63) is 63.5 Å². The lowest BCUT2D eigenvalue weighted by atomic mass is 10.3.